The molecule has 1 aliphatic heterocycles. The maximum atomic E-state index is 12.1. The average Bonchev–Trinajstić information content (AvgIpc) is 3.04. The van der Waals surface area contributed by atoms with E-state index in [4.69, 9.17) is 5.10 Å². The highest BCUT2D eigenvalue weighted by molar-refractivity contribution is 5.94. The second kappa shape index (κ2) is 5.82. The molecule has 4 nitrogen and oxygen atoms in total. The molecular weight excluding hydrogens is 262 g/mol. The van der Waals surface area contributed by atoms with Crippen molar-refractivity contribution in [3.63, 3.8) is 0 Å². The number of aryl methyl sites for hydroxylation is 2. The number of aromatic nitrogens is 2. The number of rotatable bonds is 4. The van der Waals surface area contributed by atoms with Crippen LogP contribution in [0.3, 0.4) is 0 Å². The molecule has 1 aliphatic carbocycles. The molecule has 1 aromatic rings. The third-order valence-electron chi connectivity index (χ3n) is 5.09. The van der Waals surface area contributed by atoms with Gasteiger partial charge in [0, 0.05) is 24.4 Å². The Hall–Kier alpha value is -1.32. The van der Waals surface area contributed by atoms with Gasteiger partial charge in [-0.15, -0.1) is 0 Å². The fourth-order valence-corrected chi connectivity index (χ4v) is 3.96. The highest BCUT2D eigenvalue weighted by Crippen LogP contribution is 2.45. The van der Waals surface area contributed by atoms with Gasteiger partial charge in [0.2, 0.25) is 5.91 Å². The fraction of sp³-hybridized carbons (Fsp3) is 0.765. The summed E-state index contributed by atoms with van der Waals surface area (Å²) in [4.78, 5) is 12.1. The van der Waals surface area contributed by atoms with E-state index in [1.54, 1.807) is 0 Å². The van der Waals surface area contributed by atoms with E-state index in [1.165, 1.54) is 31.2 Å². The number of hydrogen-bond acceptors (Lipinski definition) is 2. The molecule has 4 heteroatoms. The van der Waals surface area contributed by atoms with Crippen molar-refractivity contribution >= 4 is 11.7 Å². The number of amides is 1. The number of carbonyl (C=O) groups excluding carboxylic acids is 1. The molecule has 2 aliphatic rings. The van der Waals surface area contributed by atoms with E-state index in [9.17, 15) is 4.79 Å². The Bertz CT molecular complexity index is 526. The second-order valence-corrected chi connectivity index (χ2v) is 7.16. The summed E-state index contributed by atoms with van der Waals surface area (Å²) >= 11 is 0. The monoisotopic (exact) mass is 289 g/mol. The third-order valence-corrected chi connectivity index (χ3v) is 5.09. The Morgan fingerprint density at radius 1 is 1.33 bits per heavy atom. The molecule has 1 saturated carbocycles. The van der Waals surface area contributed by atoms with E-state index in [1.807, 2.05) is 4.68 Å². The Morgan fingerprint density at radius 2 is 2.05 bits per heavy atom. The van der Waals surface area contributed by atoms with Crippen molar-refractivity contribution in [3.05, 3.63) is 11.3 Å². The number of carbonyl (C=O) groups is 1. The molecule has 1 atom stereocenters. The zero-order valence-corrected chi connectivity index (χ0v) is 13.5. The zero-order chi connectivity index (χ0) is 15.0. The largest absolute Gasteiger partial charge is 0.311 e. The van der Waals surface area contributed by atoms with Gasteiger partial charge in [-0.25, -0.2) is 4.68 Å². The summed E-state index contributed by atoms with van der Waals surface area (Å²) in [6.45, 7) is 7.45. The maximum absolute atomic E-state index is 12.1. The van der Waals surface area contributed by atoms with E-state index in [0.29, 0.717) is 24.2 Å². The summed E-state index contributed by atoms with van der Waals surface area (Å²) < 4.78 is 2.03. The Kier molecular flexibility index (Phi) is 4.05. The van der Waals surface area contributed by atoms with Crippen LogP contribution in [0.1, 0.15) is 69.5 Å². The van der Waals surface area contributed by atoms with Crippen LogP contribution in [0.25, 0.3) is 0 Å². The fourth-order valence-electron chi connectivity index (χ4n) is 3.96. The standard InChI is InChI=1S/C17H27N3O/c1-11(2)8-9-20-17-16(12(3)19-20)14(10-15(21)18-17)13-6-4-5-7-13/h11,13-14H,4-10H2,1-3H3,(H,18,21). The minimum atomic E-state index is 0.171. The molecule has 0 bridgehead atoms. The number of nitrogens with one attached hydrogen (secondary N) is 1. The van der Waals surface area contributed by atoms with Gasteiger partial charge in [-0.05, 0) is 38.0 Å². The number of fused-ring (bicyclic) bond motifs is 1. The molecule has 1 unspecified atom stereocenters. The average molecular weight is 289 g/mol. The van der Waals surface area contributed by atoms with Crippen molar-refractivity contribution in [2.75, 3.05) is 5.32 Å². The molecule has 21 heavy (non-hydrogen) atoms. The molecule has 0 aromatic carbocycles. The van der Waals surface area contributed by atoms with Gasteiger partial charge in [0.05, 0.1) is 5.69 Å². The van der Waals surface area contributed by atoms with Crippen molar-refractivity contribution < 1.29 is 4.79 Å². The van der Waals surface area contributed by atoms with E-state index >= 15 is 0 Å². The summed E-state index contributed by atoms with van der Waals surface area (Å²) in [5, 5.41) is 7.81. The predicted octanol–water partition coefficient (Wildman–Crippen LogP) is 3.85. The minimum Gasteiger partial charge on any atom is -0.311 e. The summed E-state index contributed by atoms with van der Waals surface area (Å²) in [7, 11) is 0. The lowest BCUT2D eigenvalue weighted by atomic mass is 9.80. The van der Waals surface area contributed by atoms with Gasteiger partial charge >= 0.3 is 0 Å². The van der Waals surface area contributed by atoms with Crippen LogP contribution in [0.15, 0.2) is 0 Å². The van der Waals surface area contributed by atoms with Crippen molar-refractivity contribution in [3.8, 4) is 0 Å². The molecule has 1 N–H and O–H groups in total. The SMILES string of the molecule is Cc1nn(CCC(C)C)c2c1C(C1CCCC1)CC(=O)N2. The lowest BCUT2D eigenvalue weighted by Crippen LogP contribution is -2.27. The molecule has 2 heterocycles. The van der Waals surface area contributed by atoms with Crippen molar-refractivity contribution in [1.29, 1.82) is 0 Å². The number of hydrogen-bond donors (Lipinski definition) is 1. The predicted molar refractivity (Wildman–Crippen MR) is 84.4 cm³/mol. The Morgan fingerprint density at radius 3 is 2.71 bits per heavy atom. The molecule has 0 radical (unpaired) electrons. The Labute approximate surface area is 127 Å². The summed E-state index contributed by atoms with van der Waals surface area (Å²) in [6, 6.07) is 0. The van der Waals surface area contributed by atoms with Gasteiger partial charge in [0.1, 0.15) is 5.82 Å². The highest BCUT2D eigenvalue weighted by atomic mass is 16.1. The van der Waals surface area contributed by atoms with Crippen LogP contribution < -0.4 is 5.32 Å². The van der Waals surface area contributed by atoms with Gasteiger partial charge < -0.3 is 5.32 Å². The molecule has 1 fully saturated rings. The second-order valence-electron chi connectivity index (χ2n) is 7.16. The molecule has 1 aromatic heterocycles. The van der Waals surface area contributed by atoms with Crippen LogP contribution in [0.5, 0.6) is 0 Å². The summed E-state index contributed by atoms with van der Waals surface area (Å²) in [6.07, 6.45) is 6.92. The first kappa shape index (κ1) is 14.6. The molecule has 1 amide bonds. The number of anilines is 1. The van der Waals surface area contributed by atoms with Gasteiger partial charge in [0.25, 0.3) is 0 Å². The van der Waals surface area contributed by atoms with Gasteiger partial charge in [0.15, 0.2) is 0 Å². The van der Waals surface area contributed by atoms with Crippen molar-refractivity contribution in [2.45, 2.75) is 71.8 Å². The quantitative estimate of drug-likeness (QED) is 0.915. The molecule has 116 valence electrons. The maximum Gasteiger partial charge on any atom is 0.226 e. The summed E-state index contributed by atoms with van der Waals surface area (Å²) in [5.74, 6) is 2.88. The van der Waals surface area contributed by atoms with Gasteiger partial charge in [-0.2, -0.15) is 5.10 Å². The third kappa shape index (κ3) is 2.85. The van der Waals surface area contributed by atoms with E-state index in [0.717, 1.165) is 24.5 Å². The first-order valence-corrected chi connectivity index (χ1v) is 8.43. The molecule has 0 saturated heterocycles. The molecular formula is C17H27N3O. The molecule has 0 spiro atoms. The van der Waals surface area contributed by atoms with Crippen LogP contribution in [-0.4, -0.2) is 15.7 Å². The lowest BCUT2D eigenvalue weighted by molar-refractivity contribution is -0.117. The smallest absolute Gasteiger partial charge is 0.226 e. The van der Waals surface area contributed by atoms with E-state index in [-0.39, 0.29) is 5.91 Å². The van der Waals surface area contributed by atoms with E-state index in [2.05, 4.69) is 26.1 Å². The van der Waals surface area contributed by atoms with Crippen LogP contribution in [0.2, 0.25) is 0 Å². The van der Waals surface area contributed by atoms with Crippen molar-refractivity contribution in [2.24, 2.45) is 11.8 Å². The molecule has 3 rings (SSSR count). The normalized spacial score (nSPS) is 22.7. The minimum absolute atomic E-state index is 0.171. The first-order chi connectivity index (χ1) is 10.1. The van der Waals surface area contributed by atoms with Crippen LogP contribution in [0.4, 0.5) is 5.82 Å². The van der Waals surface area contributed by atoms with Crippen molar-refractivity contribution in [1.82, 2.24) is 9.78 Å². The van der Waals surface area contributed by atoms with Crippen LogP contribution >= 0.6 is 0 Å². The topological polar surface area (TPSA) is 46.9 Å². The highest BCUT2D eigenvalue weighted by Gasteiger charge is 2.36. The van der Waals surface area contributed by atoms with E-state index < -0.39 is 0 Å². The first-order valence-electron chi connectivity index (χ1n) is 8.43. The van der Waals surface area contributed by atoms with Crippen LogP contribution in [-0.2, 0) is 11.3 Å². The zero-order valence-electron chi connectivity index (χ0n) is 13.5. The van der Waals surface area contributed by atoms with Gasteiger partial charge in [-0.3, -0.25) is 4.79 Å². The van der Waals surface area contributed by atoms with Gasteiger partial charge in [-0.1, -0.05) is 26.7 Å². The Balaban J connectivity index is 1.91. The van der Waals surface area contributed by atoms with Crippen LogP contribution in [0, 0.1) is 18.8 Å². The number of nitrogens with zero attached hydrogens (tertiary/aromatic N) is 2. The summed E-state index contributed by atoms with van der Waals surface area (Å²) in [5.41, 5.74) is 2.44. The lowest BCUT2D eigenvalue weighted by Gasteiger charge is -2.28.